The molecule has 2 unspecified atom stereocenters. The monoisotopic (exact) mass is 598 g/mol. The molecule has 44 heavy (non-hydrogen) atoms. The Morgan fingerprint density at radius 3 is 2.05 bits per heavy atom. The maximum absolute atomic E-state index is 4.40. The van der Waals surface area contributed by atoms with Crippen molar-refractivity contribution in [3.05, 3.63) is 131 Å². The third-order valence-corrected chi connectivity index (χ3v) is 11.7. The van der Waals surface area contributed by atoms with Gasteiger partial charge in [0.25, 0.3) is 0 Å². The van der Waals surface area contributed by atoms with Crippen molar-refractivity contribution in [2.24, 2.45) is 0 Å². The van der Waals surface area contributed by atoms with E-state index in [0.29, 0.717) is 5.92 Å². The SMILES string of the molecule is C=CC1=C(/C=C\C)B(c2c(C)ccc(C(C)CCCC)c2C)c2cc3ccccc3cc2P1c1ccccc1.CCCCC. The van der Waals surface area contributed by atoms with Gasteiger partial charge in [0.1, 0.15) is 0 Å². The van der Waals surface area contributed by atoms with Gasteiger partial charge in [-0.2, -0.15) is 0 Å². The number of allylic oxidation sites excluding steroid dienone is 5. The fraction of sp³-hybridized carbons (Fsp3) is 0.333. The standard InChI is InChI=1S/C37H40BP.C5H12/c1-7-10-17-26(4)32-23-22-27(5)37(28(32)6)38-33(16-8-2)35(9-3)39(31-20-12-11-13-21-31)36-25-30-19-15-14-18-29(30)24-34(36)38;1-3-5-4-2/h8-9,11-16,18-26H,3,7,10,17H2,1-2,4-6H3;3-5H2,1-2H3/b16-8-;. The third-order valence-electron chi connectivity index (χ3n) is 9.14. The zero-order valence-electron chi connectivity index (χ0n) is 28.3. The first kappa shape index (κ1) is 33.7. The molecule has 0 bridgehead atoms. The molecular weight excluding hydrogens is 546 g/mol. The van der Waals surface area contributed by atoms with Crippen LogP contribution in [-0.2, 0) is 0 Å². The van der Waals surface area contributed by atoms with Crippen LogP contribution in [0, 0.1) is 13.8 Å². The predicted octanol–water partition coefficient (Wildman–Crippen LogP) is 10.6. The summed E-state index contributed by atoms with van der Waals surface area (Å²) in [6, 6.07) is 29.6. The van der Waals surface area contributed by atoms with Crippen LogP contribution in [0.1, 0.15) is 95.8 Å². The molecule has 0 nitrogen and oxygen atoms in total. The van der Waals surface area contributed by atoms with Crippen molar-refractivity contribution in [2.45, 2.75) is 92.9 Å². The molecule has 1 aliphatic rings. The average molecular weight is 599 g/mol. The highest BCUT2D eigenvalue weighted by Crippen LogP contribution is 2.48. The molecule has 0 aromatic heterocycles. The molecule has 0 amide bonds. The summed E-state index contributed by atoms with van der Waals surface area (Å²) in [4.78, 5) is 0. The smallest absolute Gasteiger partial charge is 0.0984 e. The van der Waals surface area contributed by atoms with Gasteiger partial charge in [-0.05, 0) is 79.4 Å². The lowest BCUT2D eigenvalue weighted by molar-refractivity contribution is 0.622. The van der Waals surface area contributed by atoms with Crippen molar-refractivity contribution >= 4 is 46.9 Å². The number of unbranched alkanes of at least 4 members (excludes halogenated alkanes) is 3. The van der Waals surface area contributed by atoms with Gasteiger partial charge in [0.15, 0.2) is 0 Å². The van der Waals surface area contributed by atoms with Gasteiger partial charge in [0, 0.05) is 0 Å². The molecule has 0 spiro atoms. The van der Waals surface area contributed by atoms with Crippen LogP contribution in [-0.4, -0.2) is 6.71 Å². The average Bonchev–Trinajstić information content (AvgIpc) is 3.04. The minimum atomic E-state index is -0.724. The van der Waals surface area contributed by atoms with Crippen LogP contribution < -0.4 is 21.5 Å². The fourth-order valence-electron chi connectivity index (χ4n) is 6.86. The molecule has 5 rings (SSSR count). The molecule has 0 radical (unpaired) electrons. The summed E-state index contributed by atoms with van der Waals surface area (Å²) in [5, 5.41) is 6.85. The Morgan fingerprint density at radius 1 is 0.818 bits per heavy atom. The van der Waals surface area contributed by atoms with Crippen LogP contribution in [0.25, 0.3) is 10.8 Å². The van der Waals surface area contributed by atoms with Gasteiger partial charge in [-0.15, -0.1) is 0 Å². The van der Waals surface area contributed by atoms with Gasteiger partial charge in [-0.3, -0.25) is 0 Å². The van der Waals surface area contributed by atoms with Gasteiger partial charge in [-0.1, -0.05) is 185 Å². The summed E-state index contributed by atoms with van der Waals surface area (Å²) in [5.74, 6) is 0.554. The van der Waals surface area contributed by atoms with Crippen LogP contribution in [0.2, 0.25) is 0 Å². The molecule has 0 saturated heterocycles. The van der Waals surface area contributed by atoms with Crippen molar-refractivity contribution in [3.63, 3.8) is 0 Å². The summed E-state index contributed by atoms with van der Waals surface area (Å²) in [5.41, 5.74) is 8.66. The highest BCUT2D eigenvalue weighted by Gasteiger charge is 2.38. The van der Waals surface area contributed by atoms with Gasteiger partial charge in [0.2, 0.25) is 6.71 Å². The van der Waals surface area contributed by atoms with Crippen LogP contribution in [0.15, 0.2) is 114 Å². The van der Waals surface area contributed by atoms with E-state index in [4.69, 9.17) is 0 Å². The highest BCUT2D eigenvalue weighted by molar-refractivity contribution is 7.78. The van der Waals surface area contributed by atoms with E-state index in [9.17, 15) is 0 Å². The molecule has 0 fully saturated rings. The van der Waals surface area contributed by atoms with Crippen molar-refractivity contribution in [2.75, 3.05) is 0 Å². The summed E-state index contributed by atoms with van der Waals surface area (Å²) in [6.07, 6.45) is 14.6. The Bertz CT molecular complexity index is 1610. The zero-order valence-corrected chi connectivity index (χ0v) is 29.2. The normalized spacial score (nSPS) is 15.2. The second-order valence-corrected chi connectivity index (χ2v) is 14.5. The van der Waals surface area contributed by atoms with Crippen LogP contribution in [0.4, 0.5) is 0 Å². The minimum Gasteiger partial charge on any atom is -0.0984 e. The number of rotatable bonds is 10. The molecule has 4 aromatic carbocycles. The first-order chi connectivity index (χ1) is 21.4. The van der Waals surface area contributed by atoms with Gasteiger partial charge in [0.05, 0.1) is 0 Å². The third kappa shape index (κ3) is 7.21. The minimum absolute atomic E-state index is 0.176. The molecule has 4 aromatic rings. The van der Waals surface area contributed by atoms with Crippen molar-refractivity contribution in [1.82, 2.24) is 0 Å². The van der Waals surface area contributed by atoms with E-state index in [1.807, 2.05) is 0 Å². The first-order valence-electron chi connectivity index (χ1n) is 16.9. The summed E-state index contributed by atoms with van der Waals surface area (Å²) < 4.78 is 0. The lowest BCUT2D eigenvalue weighted by atomic mass is 9.34. The Hall–Kier alpha value is -3.15. The predicted molar refractivity (Wildman–Crippen MR) is 203 cm³/mol. The Labute approximate surface area is 270 Å². The second kappa shape index (κ2) is 16.2. The van der Waals surface area contributed by atoms with Crippen LogP contribution >= 0.6 is 7.92 Å². The molecule has 0 saturated carbocycles. The fourth-order valence-corrected chi connectivity index (χ4v) is 9.51. The number of fused-ring (bicyclic) bond motifs is 2. The summed E-state index contributed by atoms with van der Waals surface area (Å²) in [6.45, 7) is 20.5. The van der Waals surface area contributed by atoms with Crippen LogP contribution in [0.3, 0.4) is 0 Å². The summed E-state index contributed by atoms with van der Waals surface area (Å²) in [7, 11) is -0.724. The van der Waals surface area contributed by atoms with Gasteiger partial charge >= 0.3 is 0 Å². The largest absolute Gasteiger partial charge is 0.243 e. The number of benzene rings is 4. The van der Waals surface area contributed by atoms with E-state index in [1.165, 1.54) is 98.3 Å². The number of hydrogen-bond acceptors (Lipinski definition) is 0. The molecule has 2 heteroatoms. The van der Waals surface area contributed by atoms with E-state index in [1.54, 1.807) is 0 Å². The van der Waals surface area contributed by atoms with Gasteiger partial charge < -0.3 is 0 Å². The van der Waals surface area contributed by atoms with Crippen LogP contribution in [0.5, 0.6) is 0 Å². The highest BCUT2D eigenvalue weighted by atomic mass is 31.1. The van der Waals surface area contributed by atoms with Crippen molar-refractivity contribution < 1.29 is 0 Å². The van der Waals surface area contributed by atoms with E-state index >= 15 is 0 Å². The van der Waals surface area contributed by atoms with Gasteiger partial charge in [-0.25, -0.2) is 0 Å². The molecule has 0 N–H and O–H groups in total. The van der Waals surface area contributed by atoms with E-state index in [2.05, 4.69) is 152 Å². The Kier molecular flexibility index (Phi) is 12.5. The molecule has 2 atom stereocenters. The number of hydrogen-bond donors (Lipinski definition) is 0. The molecule has 1 heterocycles. The zero-order chi connectivity index (χ0) is 31.6. The Balaban J connectivity index is 0.000000818. The van der Waals surface area contributed by atoms with E-state index in [-0.39, 0.29) is 6.71 Å². The maximum atomic E-state index is 4.40. The molecule has 1 aliphatic heterocycles. The Morgan fingerprint density at radius 2 is 1.45 bits per heavy atom. The summed E-state index contributed by atoms with van der Waals surface area (Å²) >= 11 is 0. The topological polar surface area (TPSA) is 0 Å². The number of aryl methyl sites for hydroxylation is 1. The second-order valence-electron chi connectivity index (χ2n) is 12.3. The maximum Gasteiger partial charge on any atom is 0.243 e. The molecule has 0 aliphatic carbocycles. The lowest BCUT2D eigenvalue weighted by Gasteiger charge is -2.36. The molecule has 228 valence electrons. The van der Waals surface area contributed by atoms with Crippen molar-refractivity contribution in [3.8, 4) is 0 Å². The van der Waals surface area contributed by atoms with E-state index in [0.717, 1.165) is 0 Å². The van der Waals surface area contributed by atoms with Crippen molar-refractivity contribution in [1.29, 1.82) is 0 Å². The lowest BCUT2D eigenvalue weighted by Crippen LogP contribution is -2.54. The first-order valence-corrected chi connectivity index (χ1v) is 18.2. The molecular formula is C42H52BP. The quantitative estimate of drug-likeness (QED) is 0.126. The van der Waals surface area contributed by atoms with E-state index < -0.39 is 7.92 Å².